The Kier molecular flexibility index (Phi) is 3.13. The van der Waals surface area contributed by atoms with Crippen molar-refractivity contribution in [2.45, 2.75) is 19.3 Å². The molecule has 0 saturated heterocycles. The zero-order valence-corrected chi connectivity index (χ0v) is 12.2. The Morgan fingerprint density at radius 2 is 2.32 bits per heavy atom. The molecule has 0 aliphatic heterocycles. The molecule has 0 amide bonds. The number of halogens is 1. The van der Waals surface area contributed by atoms with Crippen LogP contribution in [-0.4, -0.2) is 25.8 Å². The van der Waals surface area contributed by atoms with Crippen molar-refractivity contribution in [2.24, 2.45) is 10.9 Å². The van der Waals surface area contributed by atoms with Gasteiger partial charge in [0.15, 0.2) is 11.7 Å². The van der Waals surface area contributed by atoms with Gasteiger partial charge < -0.3 is 10.9 Å². The topological polar surface area (TPSA) is 89.3 Å². The molecule has 0 fully saturated rings. The number of hydrogen-bond acceptors (Lipinski definition) is 4. The van der Waals surface area contributed by atoms with Gasteiger partial charge in [0.2, 0.25) is 0 Å². The van der Waals surface area contributed by atoms with Gasteiger partial charge in [-0.1, -0.05) is 5.16 Å². The standard InChI is InChI=1S/C12H12IN5O/c13-8-5-15-18(6-8)12-9(11(14)17-19)4-7-2-1-3-10(7)16-12/h4-6,19H,1-3H2,(H2,14,17). The van der Waals surface area contributed by atoms with E-state index in [0.29, 0.717) is 11.4 Å². The van der Waals surface area contributed by atoms with Crippen molar-refractivity contribution in [3.8, 4) is 5.82 Å². The molecule has 0 spiro atoms. The van der Waals surface area contributed by atoms with E-state index >= 15 is 0 Å². The lowest BCUT2D eigenvalue weighted by atomic mass is 10.1. The highest BCUT2D eigenvalue weighted by Crippen LogP contribution is 2.24. The van der Waals surface area contributed by atoms with Crippen LogP contribution in [0.15, 0.2) is 23.6 Å². The molecule has 3 N–H and O–H groups in total. The summed E-state index contributed by atoms with van der Waals surface area (Å²) in [6, 6.07) is 1.95. The zero-order chi connectivity index (χ0) is 13.4. The van der Waals surface area contributed by atoms with Gasteiger partial charge in [0.1, 0.15) is 0 Å². The van der Waals surface area contributed by atoms with Gasteiger partial charge in [-0.3, -0.25) is 0 Å². The second kappa shape index (κ2) is 4.80. The highest BCUT2D eigenvalue weighted by Gasteiger charge is 2.19. The lowest BCUT2D eigenvalue weighted by Crippen LogP contribution is -2.18. The van der Waals surface area contributed by atoms with E-state index in [1.54, 1.807) is 10.9 Å². The minimum absolute atomic E-state index is 0.0581. The van der Waals surface area contributed by atoms with Crippen molar-refractivity contribution in [2.75, 3.05) is 0 Å². The number of nitrogens with zero attached hydrogens (tertiary/aromatic N) is 4. The van der Waals surface area contributed by atoms with Crippen molar-refractivity contribution in [1.82, 2.24) is 14.8 Å². The van der Waals surface area contributed by atoms with Crippen LogP contribution in [-0.2, 0) is 12.8 Å². The first-order valence-corrected chi connectivity index (χ1v) is 6.98. The van der Waals surface area contributed by atoms with Crippen molar-refractivity contribution in [3.63, 3.8) is 0 Å². The van der Waals surface area contributed by atoms with Gasteiger partial charge in [0.25, 0.3) is 0 Å². The van der Waals surface area contributed by atoms with Crippen LogP contribution in [0.1, 0.15) is 23.2 Å². The fourth-order valence-electron chi connectivity index (χ4n) is 2.29. The third-order valence-electron chi connectivity index (χ3n) is 3.18. The molecule has 0 atom stereocenters. The van der Waals surface area contributed by atoms with E-state index in [-0.39, 0.29) is 5.84 Å². The smallest absolute Gasteiger partial charge is 0.173 e. The van der Waals surface area contributed by atoms with Crippen LogP contribution in [0, 0.1) is 3.57 Å². The molecule has 98 valence electrons. The third kappa shape index (κ3) is 2.18. The Bertz CT molecular complexity index is 664. The molecule has 0 saturated carbocycles. The fourth-order valence-corrected chi connectivity index (χ4v) is 2.68. The van der Waals surface area contributed by atoms with Crippen LogP contribution in [0.3, 0.4) is 0 Å². The SMILES string of the molecule is NC(=NO)c1cc2c(nc1-n1cc(I)cn1)CCC2. The molecule has 0 unspecified atom stereocenters. The number of amidine groups is 1. The summed E-state index contributed by atoms with van der Waals surface area (Å²) in [5.41, 5.74) is 8.62. The van der Waals surface area contributed by atoms with Gasteiger partial charge in [0, 0.05) is 11.9 Å². The Labute approximate surface area is 123 Å². The summed E-state index contributed by atoms with van der Waals surface area (Å²) >= 11 is 2.18. The summed E-state index contributed by atoms with van der Waals surface area (Å²) in [5, 5.41) is 16.2. The predicted octanol–water partition coefficient (Wildman–Crippen LogP) is 1.46. The van der Waals surface area contributed by atoms with Gasteiger partial charge >= 0.3 is 0 Å². The lowest BCUT2D eigenvalue weighted by Gasteiger charge is -2.10. The summed E-state index contributed by atoms with van der Waals surface area (Å²) in [4.78, 5) is 4.63. The number of nitrogens with two attached hydrogens (primary N) is 1. The maximum absolute atomic E-state index is 8.92. The van der Waals surface area contributed by atoms with Crippen molar-refractivity contribution in [3.05, 3.63) is 38.9 Å². The molecule has 1 aliphatic carbocycles. The summed E-state index contributed by atoms with van der Waals surface area (Å²) in [5.74, 6) is 0.668. The molecular weight excluding hydrogens is 357 g/mol. The van der Waals surface area contributed by atoms with Gasteiger partial charge in [-0.15, -0.1) is 0 Å². The van der Waals surface area contributed by atoms with E-state index in [1.807, 2.05) is 12.3 Å². The second-order valence-corrected chi connectivity index (χ2v) is 5.65. The molecule has 0 bridgehead atoms. The van der Waals surface area contributed by atoms with E-state index in [1.165, 1.54) is 5.56 Å². The van der Waals surface area contributed by atoms with Gasteiger partial charge in [0.05, 0.1) is 15.3 Å². The van der Waals surface area contributed by atoms with Gasteiger partial charge in [-0.2, -0.15) is 5.10 Å². The first-order valence-electron chi connectivity index (χ1n) is 5.90. The number of aryl methyl sites for hydroxylation is 2. The fraction of sp³-hybridized carbons (Fsp3) is 0.250. The van der Waals surface area contributed by atoms with E-state index in [4.69, 9.17) is 10.9 Å². The van der Waals surface area contributed by atoms with Crippen molar-refractivity contribution in [1.29, 1.82) is 0 Å². The molecule has 2 heterocycles. The number of fused-ring (bicyclic) bond motifs is 1. The minimum atomic E-state index is 0.0581. The lowest BCUT2D eigenvalue weighted by molar-refractivity contribution is 0.318. The average molecular weight is 369 g/mol. The Morgan fingerprint density at radius 3 is 3.00 bits per heavy atom. The number of rotatable bonds is 2. The summed E-state index contributed by atoms with van der Waals surface area (Å²) in [6.45, 7) is 0. The van der Waals surface area contributed by atoms with E-state index in [2.05, 4.69) is 37.8 Å². The largest absolute Gasteiger partial charge is 0.409 e. The molecule has 0 aromatic carbocycles. The van der Waals surface area contributed by atoms with Crippen molar-refractivity contribution >= 4 is 28.4 Å². The van der Waals surface area contributed by atoms with Crippen LogP contribution in [0.25, 0.3) is 5.82 Å². The van der Waals surface area contributed by atoms with Crippen LogP contribution in [0.5, 0.6) is 0 Å². The van der Waals surface area contributed by atoms with E-state index < -0.39 is 0 Å². The third-order valence-corrected chi connectivity index (χ3v) is 3.74. The monoisotopic (exact) mass is 369 g/mol. The van der Waals surface area contributed by atoms with Crippen LogP contribution in [0.4, 0.5) is 0 Å². The molecule has 7 heteroatoms. The summed E-state index contributed by atoms with van der Waals surface area (Å²) in [6.07, 6.45) is 6.66. The van der Waals surface area contributed by atoms with Crippen LogP contribution < -0.4 is 5.73 Å². The first kappa shape index (κ1) is 12.4. The van der Waals surface area contributed by atoms with Gasteiger partial charge in [-0.25, -0.2) is 9.67 Å². The normalized spacial score (nSPS) is 14.7. The number of aromatic nitrogens is 3. The number of pyridine rings is 1. The minimum Gasteiger partial charge on any atom is -0.409 e. The Morgan fingerprint density at radius 1 is 1.47 bits per heavy atom. The maximum Gasteiger partial charge on any atom is 0.173 e. The molecule has 6 nitrogen and oxygen atoms in total. The highest BCUT2D eigenvalue weighted by atomic mass is 127. The molecular formula is C12H12IN5O. The number of hydrogen-bond donors (Lipinski definition) is 2. The summed E-state index contributed by atoms with van der Waals surface area (Å²) < 4.78 is 2.67. The molecule has 19 heavy (non-hydrogen) atoms. The average Bonchev–Trinajstić information content (AvgIpc) is 3.04. The quantitative estimate of drug-likeness (QED) is 0.276. The van der Waals surface area contributed by atoms with Crippen LogP contribution in [0.2, 0.25) is 0 Å². The molecule has 3 rings (SSSR count). The van der Waals surface area contributed by atoms with E-state index in [0.717, 1.165) is 28.5 Å². The molecule has 0 radical (unpaired) electrons. The molecule has 1 aliphatic rings. The van der Waals surface area contributed by atoms with E-state index in [9.17, 15) is 0 Å². The highest BCUT2D eigenvalue weighted by molar-refractivity contribution is 14.1. The Hall–Kier alpha value is -1.64. The molecule has 2 aromatic heterocycles. The first-order chi connectivity index (χ1) is 9.19. The van der Waals surface area contributed by atoms with Crippen LogP contribution >= 0.6 is 22.6 Å². The maximum atomic E-state index is 8.92. The van der Waals surface area contributed by atoms with Gasteiger partial charge in [-0.05, 0) is 53.5 Å². The number of oxime groups is 1. The predicted molar refractivity (Wildman–Crippen MR) is 78.6 cm³/mol. The zero-order valence-electron chi connectivity index (χ0n) is 10.0. The summed E-state index contributed by atoms with van der Waals surface area (Å²) in [7, 11) is 0. The molecule has 2 aromatic rings. The van der Waals surface area contributed by atoms with Crippen molar-refractivity contribution < 1.29 is 5.21 Å². The Balaban J connectivity index is 2.21. The second-order valence-electron chi connectivity index (χ2n) is 4.41.